The molecule has 3 heterocycles. The fraction of sp³-hybridized carbons (Fsp3) is 0. The van der Waals surface area contributed by atoms with Gasteiger partial charge in [0, 0.05) is 18.0 Å². The molecule has 0 unspecified atom stereocenters. The first-order valence-electron chi connectivity index (χ1n) is 9.16. The van der Waals surface area contributed by atoms with Gasteiger partial charge >= 0.3 is 0 Å². The van der Waals surface area contributed by atoms with E-state index in [1.807, 2.05) is 36.5 Å². The van der Waals surface area contributed by atoms with Crippen molar-refractivity contribution in [3.63, 3.8) is 0 Å². The highest BCUT2D eigenvalue weighted by atomic mass is 35.5. The summed E-state index contributed by atoms with van der Waals surface area (Å²) in [5.74, 6) is -0.0422. The van der Waals surface area contributed by atoms with Crippen LogP contribution >= 0.6 is 22.9 Å². The predicted molar refractivity (Wildman–Crippen MR) is 119 cm³/mol. The van der Waals surface area contributed by atoms with Crippen LogP contribution in [-0.2, 0) is 0 Å². The number of imidazole rings is 1. The molecule has 0 aliphatic heterocycles. The van der Waals surface area contributed by atoms with E-state index >= 15 is 0 Å². The van der Waals surface area contributed by atoms with Crippen molar-refractivity contribution in [3.05, 3.63) is 90.1 Å². The number of hydrogen-bond donors (Lipinski definition) is 1. The summed E-state index contributed by atoms with van der Waals surface area (Å²) in [7, 11) is 0. The van der Waals surface area contributed by atoms with Crippen molar-refractivity contribution in [1.82, 2.24) is 19.9 Å². The second-order valence-corrected chi connectivity index (χ2v) is 8.01. The van der Waals surface area contributed by atoms with E-state index < -0.39 is 5.82 Å². The molecule has 0 saturated carbocycles. The molecule has 30 heavy (non-hydrogen) atoms. The predicted octanol–water partition coefficient (Wildman–Crippen LogP) is 6.72. The van der Waals surface area contributed by atoms with Crippen LogP contribution in [0.5, 0.6) is 0 Å². The molecule has 146 valence electrons. The van der Waals surface area contributed by atoms with E-state index in [2.05, 4.69) is 32.1 Å². The Morgan fingerprint density at radius 3 is 2.43 bits per heavy atom. The van der Waals surface area contributed by atoms with E-state index in [9.17, 15) is 4.39 Å². The average molecular weight is 433 g/mol. The molecule has 0 radical (unpaired) electrons. The number of benzene rings is 2. The highest BCUT2D eigenvalue weighted by Gasteiger charge is 2.14. The summed E-state index contributed by atoms with van der Waals surface area (Å²) in [5.41, 5.74) is 3.75. The lowest BCUT2D eigenvalue weighted by molar-refractivity contribution is 0.630. The van der Waals surface area contributed by atoms with Crippen molar-refractivity contribution in [2.75, 3.05) is 0 Å². The number of hydrogen-bond acceptors (Lipinski definition) is 4. The quantitative estimate of drug-likeness (QED) is 0.343. The van der Waals surface area contributed by atoms with Crippen molar-refractivity contribution in [3.8, 4) is 43.8 Å². The molecule has 5 rings (SSSR count). The Hall–Kier alpha value is -3.35. The standard InChI is InChI=1S/C23H14ClFN4S/c24-16-7-4-8-17(25)21(16)22-27-12-19(29-22)15-9-10-18(26-11-15)23-28-13-20(30-23)14-5-2-1-3-6-14/h1-13H,(H,27,29). The second-order valence-electron chi connectivity index (χ2n) is 6.57. The zero-order chi connectivity index (χ0) is 20.5. The van der Waals surface area contributed by atoms with E-state index in [0.29, 0.717) is 10.8 Å². The highest BCUT2D eigenvalue weighted by molar-refractivity contribution is 7.18. The van der Waals surface area contributed by atoms with Gasteiger partial charge in [-0.15, -0.1) is 11.3 Å². The lowest BCUT2D eigenvalue weighted by Gasteiger charge is -2.02. The number of pyridine rings is 1. The van der Waals surface area contributed by atoms with Gasteiger partial charge < -0.3 is 4.98 Å². The normalized spacial score (nSPS) is 11.0. The van der Waals surface area contributed by atoms with Crippen LogP contribution in [0.15, 0.2) is 79.3 Å². The van der Waals surface area contributed by atoms with E-state index in [4.69, 9.17) is 11.6 Å². The van der Waals surface area contributed by atoms with Crippen LogP contribution in [0.1, 0.15) is 0 Å². The molecule has 0 amide bonds. The zero-order valence-corrected chi connectivity index (χ0v) is 17.1. The van der Waals surface area contributed by atoms with Gasteiger partial charge in [0.25, 0.3) is 0 Å². The fourth-order valence-electron chi connectivity index (χ4n) is 3.13. The Morgan fingerprint density at radius 2 is 1.67 bits per heavy atom. The van der Waals surface area contributed by atoms with Gasteiger partial charge in [0.2, 0.25) is 0 Å². The molecule has 0 aliphatic carbocycles. The largest absolute Gasteiger partial charge is 0.338 e. The third-order valence-electron chi connectivity index (χ3n) is 4.63. The minimum atomic E-state index is -0.421. The highest BCUT2D eigenvalue weighted by Crippen LogP contribution is 2.33. The molecule has 0 spiro atoms. The molecule has 5 aromatic rings. The molecule has 0 saturated heterocycles. The van der Waals surface area contributed by atoms with Gasteiger partial charge in [-0.2, -0.15) is 0 Å². The SMILES string of the molecule is Fc1cccc(Cl)c1-c1ncc(-c2ccc(-c3ncc(-c4ccccc4)s3)nc2)[nH]1. The molecule has 0 atom stereocenters. The minimum Gasteiger partial charge on any atom is -0.338 e. The Kier molecular flexibility index (Phi) is 4.86. The van der Waals surface area contributed by atoms with Crippen molar-refractivity contribution < 1.29 is 4.39 Å². The number of aromatic amines is 1. The molecule has 7 heteroatoms. The summed E-state index contributed by atoms with van der Waals surface area (Å²) in [4.78, 5) is 17.6. The summed E-state index contributed by atoms with van der Waals surface area (Å²) >= 11 is 7.73. The lowest BCUT2D eigenvalue weighted by atomic mass is 10.2. The van der Waals surface area contributed by atoms with Crippen LogP contribution < -0.4 is 0 Å². The molecular formula is C23H14ClFN4S. The first kappa shape index (κ1) is 18.7. The van der Waals surface area contributed by atoms with Gasteiger partial charge in [-0.3, -0.25) is 4.98 Å². The number of halogens is 2. The van der Waals surface area contributed by atoms with Crippen LogP contribution in [0.3, 0.4) is 0 Å². The monoisotopic (exact) mass is 432 g/mol. The van der Waals surface area contributed by atoms with Crippen LogP contribution in [0.25, 0.3) is 43.8 Å². The smallest absolute Gasteiger partial charge is 0.142 e. The van der Waals surface area contributed by atoms with Crippen LogP contribution in [0.2, 0.25) is 5.02 Å². The maximum atomic E-state index is 14.2. The maximum absolute atomic E-state index is 14.2. The van der Waals surface area contributed by atoms with Gasteiger partial charge in [-0.1, -0.05) is 48.0 Å². The Balaban J connectivity index is 1.41. The van der Waals surface area contributed by atoms with E-state index in [1.54, 1.807) is 35.9 Å². The third kappa shape index (κ3) is 3.51. The van der Waals surface area contributed by atoms with Crippen LogP contribution in [0.4, 0.5) is 4.39 Å². The van der Waals surface area contributed by atoms with Gasteiger partial charge in [-0.25, -0.2) is 14.4 Å². The maximum Gasteiger partial charge on any atom is 0.142 e. The Morgan fingerprint density at radius 1 is 0.800 bits per heavy atom. The van der Waals surface area contributed by atoms with Gasteiger partial charge in [0.1, 0.15) is 16.6 Å². The number of aromatic nitrogens is 4. The molecular weight excluding hydrogens is 419 g/mol. The van der Waals surface area contributed by atoms with Crippen molar-refractivity contribution in [2.24, 2.45) is 0 Å². The third-order valence-corrected chi connectivity index (χ3v) is 6.02. The van der Waals surface area contributed by atoms with Gasteiger partial charge in [-0.05, 0) is 29.8 Å². The Labute approximate surface area is 181 Å². The van der Waals surface area contributed by atoms with Crippen molar-refractivity contribution in [1.29, 1.82) is 0 Å². The second kappa shape index (κ2) is 7.82. The van der Waals surface area contributed by atoms with Crippen LogP contribution in [-0.4, -0.2) is 19.9 Å². The zero-order valence-electron chi connectivity index (χ0n) is 15.5. The summed E-state index contributed by atoms with van der Waals surface area (Å²) in [6.45, 7) is 0. The number of rotatable bonds is 4. The van der Waals surface area contributed by atoms with Gasteiger partial charge in [0.15, 0.2) is 0 Å². The van der Waals surface area contributed by atoms with E-state index in [-0.39, 0.29) is 5.56 Å². The topological polar surface area (TPSA) is 54.5 Å². The van der Waals surface area contributed by atoms with E-state index in [0.717, 1.165) is 32.4 Å². The molecule has 0 fully saturated rings. The molecule has 0 aliphatic rings. The molecule has 2 aromatic carbocycles. The molecule has 1 N–H and O–H groups in total. The molecule has 4 nitrogen and oxygen atoms in total. The number of thiazole rings is 1. The summed E-state index contributed by atoms with van der Waals surface area (Å²) in [5, 5.41) is 1.16. The number of nitrogens with one attached hydrogen (secondary N) is 1. The average Bonchev–Trinajstić information content (AvgIpc) is 3.45. The number of nitrogens with zero attached hydrogens (tertiary/aromatic N) is 3. The number of H-pyrrole nitrogens is 1. The fourth-order valence-corrected chi connectivity index (χ4v) is 4.28. The first-order chi connectivity index (χ1) is 14.7. The lowest BCUT2D eigenvalue weighted by Crippen LogP contribution is -1.88. The van der Waals surface area contributed by atoms with Crippen molar-refractivity contribution >= 4 is 22.9 Å². The minimum absolute atomic E-state index is 0.256. The van der Waals surface area contributed by atoms with E-state index in [1.165, 1.54) is 6.07 Å². The summed E-state index contributed by atoms with van der Waals surface area (Å²) in [6, 6.07) is 18.5. The first-order valence-corrected chi connectivity index (χ1v) is 10.4. The summed E-state index contributed by atoms with van der Waals surface area (Å²) < 4.78 is 14.2. The summed E-state index contributed by atoms with van der Waals surface area (Å²) in [6.07, 6.45) is 5.26. The molecule has 3 aromatic heterocycles. The molecule has 0 bridgehead atoms. The Bertz CT molecular complexity index is 1290. The van der Waals surface area contributed by atoms with Crippen molar-refractivity contribution in [2.45, 2.75) is 0 Å². The van der Waals surface area contributed by atoms with Crippen LogP contribution in [0, 0.1) is 5.82 Å². The van der Waals surface area contributed by atoms with Gasteiger partial charge in [0.05, 0.1) is 33.0 Å².